The van der Waals surface area contributed by atoms with Crippen molar-refractivity contribution >= 4 is 11.7 Å². The van der Waals surface area contributed by atoms with Crippen molar-refractivity contribution in [3.8, 4) is 5.75 Å². The van der Waals surface area contributed by atoms with Gasteiger partial charge in [0.2, 0.25) is 0 Å². The first kappa shape index (κ1) is 14.0. The molecule has 0 aliphatic carbocycles. The van der Waals surface area contributed by atoms with Gasteiger partial charge in [-0.15, -0.1) is 0 Å². The fraction of sp³-hybridized carbons (Fsp3) is 0.417. The van der Waals surface area contributed by atoms with E-state index in [1.165, 1.54) is 19.1 Å². The van der Waals surface area contributed by atoms with Crippen LogP contribution in [-0.2, 0) is 9.53 Å². The zero-order valence-electron chi connectivity index (χ0n) is 10.5. The van der Waals surface area contributed by atoms with Gasteiger partial charge in [0.15, 0.2) is 11.9 Å². The molecule has 6 heteroatoms. The van der Waals surface area contributed by atoms with E-state index >= 15 is 0 Å². The number of nitro benzene ring substituents is 1. The summed E-state index contributed by atoms with van der Waals surface area (Å²) >= 11 is 0. The molecular weight excluding hydrogens is 238 g/mol. The van der Waals surface area contributed by atoms with E-state index in [-0.39, 0.29) is 18.0 Å². The Morgan fingerprint density at radius 1 is 1.50 bits per heavy atom. The maximum atomic E-state index is 11.4. The van der Waals surface area contributed by atoms with E-state index in [2.05, 4.69) is 0 Å². The Kier molecular flexibility index (Phi) is 4.65. The van der Waals surface area contributed by atoms with E-state index in [1.807, 2.05) is 0 Å². The lowest BCUT2D eigenvalue weighted by atomic mass is 10.2. The largest absolute Gasteiger partial charge is 0.472 e. The van der Waals surface area contributed by atoms with Crippen molar-refractivity contribution in [2.75, 3.05) is 6.61 Å². The zero-order chi connectivity index (χ0) is 13.7. The molecule has 0 bridgehead atoms. The number of rotatable bonds is 5. The maximum Gasteiger partial charge on any atom is 0.347 e. The Hall–Kier alpha value is -2.11. The molecule has 0 radical (unpaired) electrons. The normalized spacial score (nSPS) is 11.7. The van der Waals surface area contributed by atoms with Crippen LogP contribution in [0.2, 0.25) is 0 Å². The van der Waals surface area contributed by atoms with Gasteiger partial charge in [-0.2, -0.15) is 0 Å². The fourth-order valence-electron chi connectivity index (χ4n) is 1.36. The summed E-state index contributed by atoms with van der Waals surface area (Å²) < 4.78 is 10.1. The lowest BCUT2D eigenvalue weighted by Crippen LogP contribution is -2.26. The van der Waals surface area contributed by atoms with Gasteiger partial charge in [-0.1, -0.05) is 6.07 Å². The highest BCUT2D eigenvalue weighted by molar-refractivity contribution is 5.74. The van der Waals surface area contributed by atoms with Crippen LogP contribution in [0.4, 0.5) is 5.69 Å². The van der Waals surface area contributed by atoms with Gasteiger partial charge in [0, 0.05) is 6.07 Å². The van der Waals surface area contributed by atoms with Gasteiger partial charge in [-0.3, -0.25) is 10.1 Å². The van der Waals surface area contributed by atoms with Crippen molar-refractivity contribution in [1.82, 2.24) is 0 Å². The number of esters is 1. The maximum absolute atomic E-state index is 11.4. The Bertz CT molecular complexity index is 458. The molecule has 1 atom stereocenters. The number of benzene rings is 1. The molecule has 1 aromatic carbocycles. The average molecular weight is 253 g/mol. The Labute approximate surface area is 105 Å². The second-order valence-corrected chi connectivity index (χ2v) is 3.74. The minimum absolute atomic E-state index is 0.0700. The van der Waals surface area contributed by atoms with Crippen molar-refractivity contribution in [1.29, 1.82) is 0 Å². The summed E-state index contributed by atoms with van der Waals surface area (Å²) in [5.41, 5.74) is 0.642. The summed E-state index contributed by atoms with van der Waals surface area (Å²) in [7, 11) is 0. The predicted molar refractivity (Wildman–Crippen MR) is 64.6 cm³/mol. The van der Waals surface area contributed by atoms with Crippen molar-refractivity contribution in [3.05, 3.63) is 33.9 Å². The number of hydrogen-bond donors (Lipinski definition) is 0. The standard InChI is InChI=1S/C12H15NO5/c1-4-17-12(14)9(3)18-11-7-8(2)5-6-10(11)13(15)16/h5-7,9H,4H2,1-3H3. The molecule has 0 saturated carbocycles. The van der Waals surface area contributed by atoms with Crippen molar-refractivity contribution < 1.29 is 19.2 Å². The van der Waals surface area contributed by atoms with Crippen molar-refractivity contribution in [2.45, 2.75) is 26.9 Å². The molecule has 0 spiro atoms. The molecule has 18 heavy (non-hydrogen) atoms. The second-order valence-electron chi connectivity index (χ2n) is 3.74. The van der Waals surface area contributed by atoms with Crippen LogP contribution >= 0.6 is 0 Å². The van der Waals surface area contributed by atoms with Gasteiger partial charge in [0.05, 0.1) is 11.5 Å². The highest BCUT2D eigenvalue weighted by Gasteiger charge is 2.21. The summed E-state index contributed by atoms with van der Waals surface area (Å²) in [6, 6.07) is 4.48. The number of hydrogen-bond acceptors (Lipinski definition) is 5. The molecule has 0 aliphatic heterocycles. The van der Waals surface area contributed by atoms with Crippen LogP contribution < -0.4 is 4.74 Å². The van der Waals surface area contributed by atoms with Gasteiger partial charge in [0.1, 0.15) is 0 Å². The highest BCUT2D eigenvalue weighted by atomic mass is 16.6. The number of carbonyl (C=O) groups is 1. The summed E-state index contributed by atoms with van der Waals surface area (Å²) in [6.07, 6.45) is -0.884. The fourth-order valence-corrected chi connectivity index (χ4v) is 1.36. The van der Waals surface area contributed by atoms with Gasteiger partial charge in [-0.05, 0) is 32.4 Å². The first-order chi connectivity index (χ1) is 8.45. The molecule has 0 fully saturated rings. The molecule has 0 heterocycles. The first-order valence-corrected chi connectivity index (χ1v) is 5.54. The molecule has 6 nitrogen and oxygen atoms in total. The lowest BCUT2D eigenvalue weighted by molar-refractivity contribution is -0.386. The van der Waals surface area contributed by atoms with E-state index in [0.29, 0.717) is 0 Å². The van der Waals surface area contributed by atoms with E-state index in [9.17, 15) is 14.9 Å². The highest BCUT2D eigenvalue weighted by Crippen LogP contribution is 2.28. The van der Waals surface area contributed by atoms with E-state index < -0.39 is 17.0 Å². The van der Waals surface area contributed by atoms with Crippen LogP contribution in [0.1, 0.15) is 19.4 Å². The Morgan fingerprint density at radius 3 is 2.72 bits per heavy atom. The molecule has 1 rings (SSSR count). The first-order valence-electron chi connectivity index (χ1n) is 5.54. The molecule has 98 valence electrons. The summed E-state index contributed by atoms with van der Waals surface area (Å²) in [5.74, 6) is -0.478. The van der Waals surface area contributed by atoms with Gasteiger partial charge in [0.25, 0.3) is 0 Å². The van der Waals surface area contributed by atoms with Gasteiger partial charge in [-0.25, -0.2) is 4.79 Å². The summed E-state index contributed by atoms with van der Waals surface area (Å²) in [6.45, 7) is 5.19. The van der Waals surface area contributed by atoms with Gasteiger partial charge >= 0.3 is 11.7 Å². The molecule has 0 N–H and O–H groups in total. The molecule has 0 aromatic heterocycles. The number of nitro groups is 1. The third-order valence-corrected chi connectivity index (χ3v) is 2.23. The molecule has 0 saturated heterocycles. The third kappa shape index (κ3) is 3.44. The number of carbonyl (C=O) groups excluding carboxylic acids is 1. The van der Waals surface area contributed by atoms with Crippen LogP contribution in [0.25, 0.3) is 0 Å². The van der Waals surface area contributed by atoms with Crippen molar-refractivity contribution in [2.24, 2.45) is 0 Å². The third-order valence-electron chi connectivity index (χ3n) is 2.23. The van der Waals surface area contributed by atoms with E-state index in [1.54, 1.807) is 19.9 Å². The van der Waals surface area contributed by atoms with Crippen molar-refractivity contribution in [3.63, 3.8) is 0 Å². The average Bonchev–Trinajstić information content (AvgIpc) is 2.28. The minimum Gasteiger partial charge on any atom is -0.472 e. The predicted octanol–water partition coefficient (Wildman–Crippen LogP) is 2.23. The minimum atomic E-state index is -0.884. The smallest absolute Gasteiger partial charge is 0.347 e. The molecule has 1 aromatic rings. The molecule has 1 unspecified atom stereocenters. The number of aryl methyl sites for hydroxylation is 1. The van der Waals surface area contributed by atoms with E-state index in [4.69, 9.17) is 9.47 Å². The topological polar surface area (TPSA) is 78.7 Å². The van der Waals surface area contributed by atoms with Crippen LogP contribution in [-0.4, -0.2) is 23.6 Å². The van der Waals surface area contributed by atoms with Gasteiger partial charge < -0.3 is 9.47 Å². The number of nitrogens with zero attached hydrogens (tertiary/aromatic N) is 1. The summed E-state index contributed by atoms with van der Waals surface area (Å²) in [5, 5.41) is 10.8. The molecule has 0 aliphatic rings. The number of ether oxygens (including phenoxy) is 2. The summed E-state index contributed by atoms with van der Waals surface area (Å²) in [4.78, 5) is 21.7. The molecular formula is C12H15NO5. The Balaban J connectivity index is 2.92. The SMILES string of the molecule is CCOC(=O)C(C)Oc1cc(C)ccc1[N+](=O)[O-]. The Morgan fingerprint density at radius 2 is 2.17 bits per heavy atom. The van der Waals surface area contributed by atoms with Crippen LogP contribution in [0, 0.1) is 17.0 Å². The second kappa shape index (κ2) is 6.00. The van der Waals surface area contributed by atoms with Crippen LogP contribution in [0.3, 0.4) is 0 Å². The molecule has 0 amide bonds. The van der Waals surface area contributed by atoms with E-state index in [0.717, 1.165) is 5.56 Å². The zero-order valence-corrected chi connectivity index (χ0v) is 10.5. The monoisotopic (exact) mass is 253 g/mol. The quantitative estimate of drug-likeness (QED) is 0.456. The van der Waals surface area contributed by atoms with Crippen LogP contribution in [0.5, 0.6) is 5.75 Å². The lowest BCUT2D eigenvalue weighted by Gasteiger charge is -2.13. The van der Waals surface area contributed by atoms with Crippen LogP contribution in [0.15, 0.2) is 18.2 Å².